The minimum absolute atomic E-state index is 0.0152. The van der Waals surface area contributed by atoms with Crippen molar-refractivity contribution in [2.75, 3.05) is 5.32 Å². The molecule has 0 fully saturated rings. The second-order valence-corrected chi connectivity index (χ2v) is 5.49. The molecule has 18 heavy (non-hydrogen) atoms. The van der Waals surface area contributed by atoms with Gasteiger partial charge in [-0.3, -0.25) is 4.79 Å². The predicted molar refractivity (Wildman–Crippen MR) is 70.8 cm³/mol. The second-order valence-electron chi connectivity index (χ2n) is 5.49. The summed E-state index contributed by atoms with van der Waals surface area (Å²) in [7, 11) is 0. The fourth-order valence-corrected chi connectivity index (χ4v) is 1.67. The van der Waals surface area contributed by atoms with Crippen LogP contribution in [0.3, 0.4) is 0 Å². The third-order valence-electron chi connectivity index (χ3n) is 2.51. The van der Waals surface area contributed by atoms with Gasteiger partial charge in [-0.1, -0.05) is 13.8 Å². The van der Waals surface area contributed by atoms with E-state index in [0.717, 1.165) is 11.4 Å². The van der Waals surface area contributed by atoms with E-state index in [1.807, 2.05) is 26.8 Å². The Bertz CT molecular complexity index is 442. The zero-order valence-corrected chi connectivity index (χ0v) is 11.6. The molecule has 0 atom stereocenters. The maximum atomic E-state index is 10.8. The first-order valence-corrected chi connectivity index (χ1v) is 6.05. The van der Waals surface area contributed by atoms with Crippen molar-refractivity contribution in [3.63, 3.8) is 0 Å². The number of aromatic nitrogens is 2. The predicted octanol–water partition coefficient (Wildman–Crippen LogP) is 2.57. The van der Waals surface area contributed by atoms with E-state index in [9.17, 15) is 4.79 Å². The fraction of sp³-hybridized carbons (Fsp3) is 0.615. The molecule has 0 bridgehead atoms. The standard InChI is InChI=1S/C13H21N3O2/c1-8(2)10-6-9(3)14-12(15-10)16-13(4,5)7-11(17)18/h6,8H,7H2,1-5H3,(H,17,18)(H,14,15,16). The average molecular weight is 251 g/mol. The molecular formula is C13H21N3O2. The Kier molecular flexibility index (Phi) is 4.27. The molecule has 1 heterocycles. The van der Waals surface area contributed by atoms with Gasteiger partial charge in [0.2, 0.25) is 5.95 Å². The highest BCUT2D eigenvalue weighted by Gasteiger charge is 2.22. The van der Waals surface area contributed by atoms with Crippen molar-refractivity contribution in [1.82, 2.24) is 9.97 Å². The van der Waals surface area contributed by atoms with Gasteiger partial charge in [-0.15, -0.1) is 0 Å². The third-order valence-corrected chi connectivity index (χ3v) is 2.51. The van der Waals surface area contributed by atoms with Crippen LogP contribution in [-0.4, -0.2) is 26.6 Å². The molecule has 5 nitrogen and oxygen atoms in total. The molecule has 1 aromatic heterocycles. The van der Waals surface area contributed by atoms with Gasteiger partial charge in [-0.05, 0) is 32.8 Å². The molecule has 0 aromatic carbocycles. The zero-order chi connectivity index (χ0) is 13.9. The number of carbonyl (C=O) groups is 1. The lowest BCUT2D eigenvalue weighted by molar-refractivity contribution is -0.137. The summed E-state index contributed by atoms with van der Waals surface area (Å²) in [6, 6.07) is 1.94. The minimum atomic E-state index is -0.843. The van der Waals surface area contributed by atoms with E-state index in [4.69, 9.17) is 5.11 Å². The van der Waals surface area contributed by atoms with Crippen molar-refractivity contribution in [1.29, 1.82) is 0 Å². The summed E-state index contributed by atoms with van der Waals surface area (Å²) < 4.78 is 0. The summed E-state index contributed by atoms with van der Waals surface area (Å²) in [6.45, 7) is 9.68. The highest BCUT2D eigenvalue weighted by atomic mass is 16.4. The molecule has 0 unspecified atom stereocenters. The molecule has 0 aliphatic rings. The maximum Gasteiger partial charge on any atom is 0.305 e. The fourth-order valence-electron chi connectivity index (χ4n) is 1.67. The maximum absolute atomic E-state index is 10.8. The molecule has 1 rings (SSSR count). The number of aliphatic carboxylic acids is 1. The molecule has 0 saturated heterocycles. The van der Waals surface area contributed by atoms with Gasteiger partial charge in [0.15, 0.2) is 0 Å². The van der Waals surface area contributed by atoms with E-state index in [1.165, 1.54) is 0 Å². The van der Waals surface area contributed by atoms with E-state index in [2.05, 4.69) is 29.1 Å². The van der Waals surface area contributed by atoms with Crippen LogP contribution in [0, 0.1) is 6.92 Å². The largest absolute Gasteiger partial charge is 0.481 e. The number of hydrogen-bond donors (Lipinski definition) is 2. The number of nitrogens with zero attached hydrogens (tertiary/aromatic N) is 2. The zero-order valence-electron chi connectivity index (χ0n) is 11.6. The Labute approximate surface area is 108 Å². The average Bonchev–Trinajstić information content (AvgIpc) is 2.12. The van der Waals surface area contributed by atoms with Gasteiger partial charge < -0.3 is 10.4 Å². The Morgan fingerprint density at radius 1 is 1.44 bits per heavy atom. The van der Waals surface area contributed by atoms with Crippen LogP contribution in [0.4, 0.5) is 5.95 Å². The van der Waals surface area contributed by atoms with Crippen molar-refractivity contribution in [2.45, 2.75) is 52.5 Å². The SMILES string of the molecule is Cc1cc(C(C)C)nc(NC(C)(C)CC(=O)O)n1. The lowest BCUT2D eigenvalue weighted by Crippen LogP contribution is -2.34. The van der Waals surface area contributed by atoms with Crippen molar-refractivity contribution < 1.29 is 9.90 Å². The summed E-state index contributed by atoms with van der Waals surface area (Å²) in [5, 5.41) is 11.9. The number of carboxylic acid groups (broad SMARTS) is 1. The van der Waals surface area contributed by atoms with E-state index < -0.39 is 11.5 Å². The lowest BCUT2D eigenvalue weighted by atomic mass is 10.0. The number of anilines is 1. The quantitative estimate of drug-likeness (QED) is 0.841. The summed E-state index contributed by atoms with van der Waals surface area (Å²) in [5.41, 5.74) is 1.26. The molecule has 1 aromatic rings. The smallest absolute Gasteiger partial charge is 0.305 e. The molecule has 0 spiro atoms. The summed E-state index contributed by atoms with van der Waals surface area (Å²) in [5.74, 6) is -0.0379. The normalized spacial score (nSPS) is 11.7. The van der Waals surface area contributed by atoms with Crippen LogP contribution in [0.25, 0.3) is 0 Å². The highest BCUT2D eigenvalue weighted by molar-refractivity contribution is 5.69. The molecule has 2 N–H and O–H groups in total. The summed E-state index contributed by atoms with van der Waals surface area (Å²) >= 11 is 0. The van der Waals surface area contributed by atoms with Crippen molar-refractivity contribution in [3.8, 4) is 0 Å². The first-order chi connectivity index (χ1) is 8.19. The molecule has 0 amide bonds. The Hall–Kier alpha value is -1.65. The van der Waals surface area contributed by atoms with Crippen LogP contribution in [0.1, 0.15) is 51.4 Å². The second kappa shape index (κ2) is 5.33. The summed E-state index contributed by atoms with van der Waals surface area (Å²) in [4.78, 5) is 19.5. The minimum Gasteiger partial charge on any atom is -0.481 e. The van der Waals surface area contributed by atoms with E-state index in [1.54, 1.807) is 0 Å². The topological polar surface area (TPSA) is 75.1 Å². The van der Waals surface area contributed by atoms with Gasteiger partial charge in [0.05, 0.1) is 6.42 Å². The number of nitrogens with one attached hydrogen (secondary N) is 1. The van der Waals surface area contributed by atoms with Crippen LogP contribution in [0.15, 0.2) is 6.07 Å². The monoisotopic (exact) mass is 251 g/mol. The van der Waals surface area contributed by atoms with Crippen molar-refractivity contribution in [2.24, 2.45) is 0 Å². The molecule has 0 aliphatic heterocycles. The Morgan fingerprint density at radius 3 is 2.56 bits per heavy atom. The molecule has 0 saturated carbocycles. The van der Waals surface area contributed by atoms with Crippen LogP contribution in [-0.2, 0) is 4.79 Å². The van der Waals surface area contributed by atoms with Crippen LogP contribution in [0.5, 0.6) is 0 Å². The van der Waals surface area contributed by atoms with Gasteiger partial charge in [-0.25, -0.2) is 9.97 Å². The number of aryl methyl sites for hydroxylation is 1. The number of rotatable bonds is 5. The van der Waals surface area contributed by atoms with Crippen molar-refractivity contribution >= 4 is 11.9 Å². The van der Waals surface area contributed by atoms with Gasteiger partial charge in [0.25, 0.3) is 0 Å². The lowest BCUT2D eigenvalue weighted by Gasteiger charge is -2.24. The number of carboxylic acids is 1. The summed E-state index contributed by atoms with van der Waals surface area (Å²) in [6.07, 6.45) is 0.0152. The van der Waals surface area contributed by atoms with Gasteiger partial charge >= 0.3 is 5.97 Å². The first kappa shape index (κ1) is 14.4. The van der Waals surface area contributed by atoms with E-state index in [0.29, 0.717) is 11.9 Å². The first-order valence-electron chi connectivity index (χ1n) is 6.05. The molecule has 0 aliphatic carbocycles. The van der Waals surface area contributed by atoms with Crippen molar-refractivity contribution in [3.05, 3.63) is 17.5 Å². The molecular weight excluding hydrogens is 230 g/mol. The van der Waals surface area contributed by atoms with Crippen LogP contribution < -0.4 is 5.32 Å². The van der Waals surface area contributed by atoms with Gasteiger partial charge in [0, 0.05) is 16.9 Å². The van der Waals surface area contributed by atoms with E-state index >= 15 is 0 Å². The van der Waals surface area contributed by atoms with E-state index in [-0.39, 0.29) is 6.42 Å². The third kappa shape index (κ3) is 4.31. The van der Waals surface area contributed by atoms with Crippen LogP contribution in [0.2, 0.25) is 0 Å². The molecule has 100 valence electrons. The Balaban J connectivity index is 2.93. The molecule has 5 heteroatoms. The molecule has 0 radical (unpaired) electrons. The van der Waals surface area contributed by atoms with Gasteiger partial charge in [0.1, 0.15) is 0 Å². The van der Waals surface area contributed by atoms with Gasteiger partial charge in [-0.2, -0.15) is 0 Å². The highest BCUT2D eigenvalue weighted by Crippen LogP contribution is 2.18. The number of hydrogen-bond acceptors (Lipinski definition) is 4. The van der Waals surface area contributed by atoms with Crippen LogP contribution >= 0.6 is 0 Å². The Morgan fingerprint density at radius 2 is 2.06 bits per heavy atom.